The summed E-state index contributed by atoms with van der Waals surface area (Å²) in [4.78, 5) is 0. The van der Waals surface area contributed by atoms with E-state index in [2.05, 4.69) is 25.2 Å². The average molecular weight is 254 g/mol. The van der Waals surface area contributed by atoms with E-state index < -0.39 is 0 Å². The molecule has 1 N–H and O–H groups in total. The minimum atomic E-state index is 0.267. The van der Waals surface area contributed by atoms with Crippen molar-refractivity contribution in [3.63, 3.8) is 0 Å². The van der Waals surface area contributed by atoms with Crippen LogP contribution in [0.5, 0.6) is 0 Å². The number of nitrogens with one attached hydrogen (secondary N) is 1. The zero-order valence-electron chi connectivity index (χ0n) is 10.4. The summed E-state index contributed by atoms with van der Waals surface area (Å²) >= 11 is 6.17. The van der Waals surface area contributed by atoms with Gasteiger partial charge in [-0.1, -0.05) is 29.8 Å². The smallest absolute Gasteiger partial charge is 0.0704 e. The predicted molar refractivity (Wildman–Crippen MR) is 71.4 cm³/mol. The van der Waals surface area contributed by atoms with Crippen molar-refractivity contribution in [2.24, 2.45) is 0 Å². The zero-order valence-corrected chi connectivity index (χ0v) is 11.2. The Kier molecular flexibility index (Phi) is 4.43. The maximum absolute atomic E-state index is 6.17. The van der Waals surface area contributed by atoms with Crippen LogP contribution in [0, 0.1) is 0 Å². The summed E-state index contributed by atoms with van der Waals surface area (Å²) in [7, 11) is 0. The molecule has 0 aromatic heterocycles. The van der Waals surface area contributed by atoms with Crippen LogP contribution in [-0.4, -0.2) is 18.8 Å². The molecular formula is C14H20ClNO. The molecule has 0 saturated carbocycles. The second-order valence-electron chi connectivity index (χ2n) is 4.80. The van der Waals surface area contributed by atoms with E-state index in [1.165, 1.54) is 6.42 Å². The van der Waals surface area contributed by atoms with Crippen LogP contribution in [-0.2, 0) is 4.74 Å². The van der Waals surface area contributed by atoms with Crippen molar-refractivity contribution < 1.29 is 4.74 Å². The molecule has 0 bridgehead atoms. The first-order chi connectivity index (χ1) is 8.16. The maximum atomic E-state index is 6.17. The molecule has 1 saturated heterocycles. The molecule has 94 valence electrons. The number of ether oxygens (including phenoxy) is 1. The largest absolute Gasteiger partial charge is 0.374 e. The lowest BCUT2D eigenvalue weighted by Gasteiger charge is -2.18. The van der Waals surface area contributed by atoms with Crippen LogP contribution in [0.15, 0.2) is 24.3 Å². The fourth-order valence-electron chi connectivity index (χ4n) is 2.28. The Morgan fingerprint density at radius 3 is 2.82 bits per heavy atom. The highest BCUT2D eigenvalue weighted by Gasteiger charge is 2.22. The molecule has 1 aromatic carbocycles. The van der Waals surface area contributed by atoms with Crippen LogP contribution in [0.2, 0.25) is 5.02 Å². The summed E-state index contributed by atoms with van der Waals surface area (Å²) in [5.41, 5.74) is 1.15. The number of rotatable bonds is 4. The lowest BCUT2D eigenvalue weighted by atomic mass is 10.1. The number of hydrogen-bond donors (Lipinski definition) is 1. The highest BCUT2D eigenvalue weighted by Crippen LogP contribution is 2.23. The van der Waals surface area contributed by atoms with Crippen molar-refractivity contribution in [3.05, 3.63) is 34.9 Å². The van der Waals surface area contributed by atoms with E-state index in [4.69, 9.17) is 16.3 Å². The minimum absolute atomic E-state index is 0.267. The molecule has 0 aliphatic carbocycles. The van der Waals surface area contributed by atoms with Crippen LogP contribution in [0.4, 0.5) is 0 Å². The van der Waals surface area contributed by atoms with E-state index in [0.717, 1.165) is 23.6 Å². The summed E-state index contributed by atoms with van der Waals surface area (Å²) in [6, 6.07) is 8.25. The zero-order chi connectivity index (χ0) is 12.3. The summed E-state index contributed by atoms with van der Waals surface area (Å²) in [5, 5.41) is 4.32. The molecule has 3 heteroatoms. The van der Waals surface area contributed by atoms with Crippen molar-refractivity contribution in [3.8, 4) is 0 Å². The van der Waals surface area contributed by atoms with Gasteiger partial charge in [0.15, 0.2) is 0 Å². The Morgan fingerprint density at radius 2 is 2.18 bits per heavy atom. The van der Waals surface area contributed by atoms with E-state index >= 15 is 0 Å². The molecule has 1 heterocycles. The van der Waals surface area contributed by atoms with E-state index in [-0.39, 0.29) is 6.04 Å². The van der Waals surface area contributed by atoms with Gasteiger partial charge in [-0.05, 0) is 38.3 Å². The molecular weight excluding hydrogens is 234 g/mol. The molecule has 0 amide bonds. The molecule has 3 atom stereocenters. The highest BCUT2D eigenvalue weighted by atomic mass is 35.5. The Labute approximate surface area is 108 Å². The first-order valence-electron chi connectivity index (χ1n) is 6.30. The van der Waals surface area contributed by atoms with E-state index in [1.807, 2.05) is 18.2 Å². The SMILES string of the molecule is CC1CCC(CNC(C)c2ccccc2Cl)O1. The van der Waals surface area contributed by atoms with Gasteiger partial charge >= 0.3 is 0 Å². The van der Waals surface area contributed by atoms with Gasteiger partial charge < -0.3 is 10.1 Å². The predicted octanol–water partition coefficient (Wildman–Crippen LogP) is 3.56. The summed E-state index contributed by atoms with van der Waals surface area (Å²) in [5.74, 6) is 0. The third-order valence-corrected chi connectivity index (χ3v) is 3.69. The van der Waals surface area contributed by atoms with Crippen molar-refractivity contribution in [2.45, 2.75) is 44.9 Å². The molecule has 1 aliphatic rings. The van der Waals surface area contributed by atoms with Gasteiger partial charge in [-0.15, -0.1) is 0 Å². The monoisotopic (exact) mass is 253 g/mol. The van der Waals surface area contributed by atoms with E-state index in [0.29, 0.717) is 12.2 Å². The standard InChI is InChI=1S/C14H20ClNO/c1-10-7-8-12(17-10)9-16-11(2)13-5-3-4-6-14(13)15/h3-6,10-12,16H,7-9H2,1-2H3. The third-order valence-electron chi connectivity index (χ3n) is 3.34. The van der Waals surface area contributed by atoms with E-state index in [1.54, 1.807) is 0 Å². The quantitative estimate of drug-likeness (QED) is 0.886. The minimum Gasteiger partial charge on any atom is -0.374 e. The molecule has 0 radical (unpaired) electrons. The van der Waals surface area contributed by atoms with Crippen LogP contribution < -0.4 is 5.32 Å². The molecule has 3 unspecified atom stereocenters. The average Bonchev–Trinajstić information content (AvgIpc) is 2.73. The highest BCUT2D eigenvalue weighted by molar-refractivity contribution is 6.31. The second kappa shape index (κ2) is 5.85. The van der Waals surface area contributed by atoms with Gasteiger partial charge in [0.25, 0.3) is 0 Å². The Balaban J connectivity index is 1.85. The van der Waals surface area contributed by atoms with Gasteiger partial charge in [0.05, 0.1) is 12.2 Å². The van der Waals surface area contributed by atoms with Gasteiger partial charge in [-0.25, -0.2) is 0 Å². The Bertz CT molecular complexity index is 369. The van der Waals surface area contributed by atoms with Gasteiger partial charge in [-0.3, -0.25) is 0 Å². The van der Waals surface area contributed by atoms with Gasteiger partial charge in [0, 0.05) is 17.6 Å². The van der Waals surface area contributed by atoms with Gasteiger partial charge in [-0.2, -0.15) is 0 Å². The fraction of sp³-hybridized carbons (Fsp3) is 0.571. The summed E-state index contributed by atoms with van der Waals surface area (Å²) < 4.78 is 5.78. The lowest BCUT2D eigenvalue weighted by molar-refractivity contribution is 0.0546. The first-order valence-corrected chi connectivity index (χ1v) is 6.68. The summed E-state index contributed by atoms with van der Waals surface area (Å²) in [6.07, 6.45) is 3.10. The molecule has 0 spiro atoms. The third kappa shape index (κ3) is 3.44. The first kappa shape index (κ1) is 12.9. The van der Waals surface area contributed by atoms with Crippen molar-refractivity contribution in [1.29, 1.82) is 0 Å². The molecule has 2 rings (SSSR count). The van der Waals surface area contributed by atoms with Crippen molar-refractivity contribution in [2.75, 3.05) is 6.54 Å². The number of benzene rings is 1. The normalized spacial score (nSPS) is 26.1. The maximum Gasteiger partial charge on any atom is 0.0704 e. The summed E-state index contributed by atoms with van der Waals surface area (Å²) in [6.45, 7) is 5.17. The molecule has 2 nitrogen and oxygen atoms in total. The van der Waals surface area contributed by atoms with Crippen LogP contribution >= 0.6 is 11.6 Å². The van der Waals surface area contributed by atoms with Crippen LogP contribution in [0.1, 0.15) is 38.3 Å². The molecule has 1 aliphatic heterocycles. The van der Waals surface area contributed by atoms with E-state index in [9.17, 15) is 0 Å². The number of halogens is 1. The Morgan fingerprint density at radius 1 is 1.41 bits per heavy atom. The Hall–Kier alpha value is -0.570. The lowest BCUT2D eigenvalue weighted by Crippen LogP contribution is -2.29. The molecule has 1 aromatic rings. The van der Waals surface area contributed by atoms with Crippen LogP contribution in [0.25, 0.3) is 0 Å². The van der Waals surface area contributed by atoms with Gasteiger partial charge in [0.1, 0.15) is 0 Å². The van der Waals surface area contributed by atoms with Crippen LogP contribution in [0.3, 0.4) is 0 Å². The topological polar surface area (TPSA) is 21.3 Å². The van der Waals surface area contributed by atoms with Crippen molar-refractivity contribution in [1.82, 2.24) is 5.32 Å². The molecule has 1 fully saturated rings. The fourth-order valence-corrected chi connectivity index (χ4v) is 2.58. The molecule has 17 heavy (non-hydrogen) atoms. The second-order valence-corrected chi connectivity index (χ2v) is 5.20. The number of hydrogen-bond acceptors (Lipinski definition) is 2. The van der Waals surface area contributed by atoms with Gasteiger partial charge in [0.2, 0.25) is 0 Å². The van der Waals surface area contributed by atoms with Crippen molar-refractivity contribution >= 4 is 11.6 Å².